The van der Waals surface area contributed by atoms with Crippen LogP contribution in [0.1, 0.15) is 24.2 Å². The summed E-state index contributed by atoms with van der Waals surface area (Å²) in [4.78, 5) is 26.7. The van der Waals surface area contributed by atoms with Gasteiger partial charge in [-0.25, -0.2) is 4.98 Å². The molecule has 0 radical (unpaired) electrons. The lowest BCUT2D eigenvalue weighted by molar-refractivity contribution is -0.146. The summed E-state index contributed by atoms with van der Waals surface area (Å²) in [6, 6.07) is 3.18. The normalized spacial score (nSPS) is 10.8. The second-order valence-electron chi connectivity index (χ2n) is 4.43. The number of ether oxygens (including phenoxy) is 1. The van der Waals surface area contributed by atoms with E-state index in [1.54, 1.807) is 12.1 Å². The number of carboxylic acids is 1. The number of hydrogen-bond donors (Lipinski definition) is 2. The Balaban J connectivity index is 2.75. The second kappa shape index (κ2) is 5.48. The van der Waals surface area contributed by atoms with Gasteiger partial charge in [-0.05, 0) is 26.0 Å². The first-order valence-corrected chi connectivity index (χ1v) is 5.39. The highest BCUT2D eigenvalue weighted by molar-refractivity contribution is 5.96. The van der Waals surface area contributed by atoms with Gasteiger partial charge in [0.05, 0.1) is 12.5 Å². The number of amides is 1. The van der Waals surface area contributed by atoms with Crippen molar-refractivity contribution >= 4 is 11.9 Å². The Labute approximate surface area is 105 Å². The number of methoxy groups -OCH3 is 1. The molecule has 18 heavy (non-hydrogen) atoms. The molecule has 6 heteroatoms. The summed E-state index contributed by atoms with van der Waals surface area (Å²) in [5.74, 6) is -1.17. The Bertz CT molecular complexity index is 457. The molecule has 0 atom stereocenters. The van der Waals surface area contributed by atoms with Gasteiger partial charge in [-0.3, -0.25) is 9.59 Å². The van der Waals surface area contributed by atoms with E-state index in [2.05, 4.69) is 10.3 Å². The third-order valence-electron chi connectivity index (χ3n) is 2.48. The maximum Gasteiger partial charge on any atom is 0.310 e. The number of pyridine rings is 1. The number of carbonyl (C=O) groups excluding carboxylic acids is 1. The molecule has 0 bridgehead atoms. The van der Waals surface area contributed by atoms with Crippen LogP contribution in [0.15, 0.2) is 18.3 Å². The topological polar surface area (TPSA) is 88.5 Å². The van der Waals surface area contributed by atoms with Crippen LogP contribution in [0.5, 0.6) is 5.88 Å². The number of carboxylic acid groups (broad SMARTS) is 1. The molecule has 1 heterocycles. The van der Waals surface area contributed by atoms with Crippen LogP contribution in [0.2, 0.25) is 0 Å². The van der Waals surface area contributed by atoms with Gasteiger partial charge in [0.1, 0.15) is 5.56 Å². The molecular weight excluding hydrogens is 236 g/mol. The number of rotatable bonds is 5. The lowest BCUT2D eigenvalue weighted by Gasteiger charge is -2.19. The summed E-state index contributed by atoms with van der Waals surface area (Å²) >= 11 is 0. The molecule has 0 aliphatic rings. The first-order chi connectivity index (χ1) is 8.38. The monoisotopic (exact) mass is 252 g/mol. The van der Waals surface area contributed by atoms with Crippen molar-refractivity contribution in [2.24, 2.45) is 5.41 Å². The highest BCUT2D eigenvalue weighted by Crippen LogP contribution is 2.16. The van der Waals surface area contributed by atoms with Crippen LogP contribution in [-0.2, 0) is 4.79 Å². The van der Waals surface area contributed by atoms with E-state index in [4.69, 9.17) is 9.84 Å². The molecule has 0 aliphatic carbocycles. The summed E-state index contributed by atoms with van der Waals surface area (Å²) in [5, 5.41) is 11.5. The molecule has 0 unspecified atom stereocenters. The number of nitrogens with one attached hydrogen (secondary N) is 1. The van der Waals surface area contributed by atoms with Crippen molar-refractivity contribution in [3.63, 3.8) is 0 Å². The van der Waals surface area contributed by atoms with E-state index >= 15 is 0 Å². The third kappa shape index (κ3) is 3.19. The molecule has 1 aromatic heterocycles. The van der Waals surface area contributed by atoms with E-state index in [1.165, 1.54) is 27.2 Å². The summed E-state index contributed by atoms with van der Waals surface area (Å²) in [5.41, 5.74) is -0.744. The smallest absolute Gasteiger partial charge is 0.310 e. The number of aliphatic carboxylic acids is 1. The van der Waals surface area contributed by atoms with Crippen LogP contribution in [0, 0.1) is 5.41 Å². The molecule has 1 aromatic rings. The fourth-order valence-electron chi connectivity index (χ4n) is 1.20. The van der Waals surface area contributed by atoms with Crippen molar-refractivity contribution in [3.8, 4) is 5.88 Å². The largest absolute Gasteiger partial charge is 0.481 e. The highest BCUT2D eigenvalue weighted by Gasteiger charge is 2.28. The van der Waals surface area contributed by atoms with Gasteiger partial charge in [0.25, 0.3) is 5.91 Å². The first-order valence-electron chi connectivity index (χ1n) is 5.39. The molecule has 0 aliphatic heterocycles. The predicted molar refractivity (Wildman–Crippen MR) is 64.5 cm³/mol. The van der Waals surface area contributed by atoms with Crippen molar-refractivity contribution in [2.45, 2.75) is 13.8 Å². The molecule has 0 aromatic carbocycles. The zero-order valence-corrected chi connectivity index (χ0v) is 10.6. The van der Waals surface area contributed by atoms with Crippen molar-refractivity contribution in [1.29, 1.82) is 0 Å². The number of carbonyl (C=O) groups is 2. The van der Waals surface area contributed by atoms with E-state index in [1.807, 2.05) is 0 Å². The van der Waals surface area contributed by atoms with Crippen LogP contribution < -0.4 is 10.1 Å². The van der Waals surface area contributed by atoms with Crippen LogP contribution in [0.25, 0.3) is 0 Å². The molecule has 2 N–H and O–H groups in total. The minimum absolute atomic E-state index is 0.0270. The summed E-state index contributed by atoms with van der Waals surface area (Å²) < 4.78 is 4.96. The molecule has 0 saturated carbocycles. The van der Waals surface area contributed by atoms with Crippen molar-refractivity contribution < 1.29 is 19.4 Å². The van der Waals surface area contributed by atoms with Crippen LogP contribution in [0.4, 0.5) is 0 Å². The number of hydrogen-bond acceptors (Lipinski definition) is 4. The standard InChI is InChI=1S/C12H16N2O4/c1-12(2,11(16)17)7-14-9(15)8-5-4-6-13-10(8)18-3/h4-6H,7H2,1-3H3,(H,14,15)(H,16,17). The molecule has 6 nitrogen and oxygen atoms in total. The first kappa shape index (κ1) is 14.0. The number of nitrogens with zero attached hydrogens (tertiary/aromatic N) is 1. The lowest BCUT2D eigenvalue weighted by Crippen LogP contribution is -2.39. The average molecular weight is 252 g/mol. The van der Waals surface area contributed by atoms with E-state index in [0.29, 0.717) is 0 Å². The Kier molecular flexibility index (Phi) is 4.25. The summed E-state index contributed by atoms with van der Waals surface area (Å²) in [6.07, 6.45) is 1.51. The molecule has 1 rings (SSSR count). The molecule has 1 amide bonds. The van der Waals surface area contributed by atoms with Crippen LogP contribution >= 0.6 is 0 Å². The van der Waals surface area contributed by atoms with Crippen LogP contribution in [-0.4, -0.2) is 35.6 Å². The Morgan fingerprint density at radius 1 is 1.50 bits per heavy atom. The van der Waals surface area contributed by atoms with Gasteiger partial charge >= 0.3 is 5.97 Å². The third-order valence-corrected chi connectivity index (χ3v) is 2.48. The lowest BCUT2D eigenvalue weighted by atomic mass is 9.94. The van der Waals surface area contributed by atoms with Gasteiger partial charge in [0.2, 0.25) is 5.88 Å². The molecular formula is C12H16N2O4. The zero-order valence-electron chi connectivity index (χ0n) is 10.6. The molecule has 0 spiro atoms. The van der Waals surface area contributed by atoms with Crippen molar-refractivity contribution in [2.75, 3.05) is 13.7 Å². The Morgan fingerprint density at radius 2 is 2.17 bits per heavy atom. The van der Waals surface area contributed by atoms with E-state index < -0.39 is 17.3 Å². The van der Waals surface area contributed by atoms with Gasteiger partial charge in [0.15, 0.2) is 0 Å². The van der Waals surface area contributed by atoms with Crippen molar-refractivity contribution in [3.05, 3.63) is 23.9 Å². The van der Waals surface area contributed by atoms with E-state index in [0.717, 1.165) is 0 Å². The van der Waals surface area contributed by atoms with E-state index in [-0.39, 0.29) is 18.0 Å². The van der Waals surface area contributed by atoms with Gasteiger partial charge in [-0.2, -0.15) is 0 Å². The highest BCUT2D eigenvalue weighted by atomic mass is 16.5. The van der Waals surface area contributed by atoms with Crippen molar-refractivity contribution in [1.82, 2.24) is 10.3 Å². The van der Waals surface area contributed by atoms with Gasteiger partial charge < -0.3 is 15.2 Å². The Morgan fingerprint density at radius 3 is 2.72 bits per heavy atom. The second-order valence-corrected chi connectivity index (χ2v) is 4.43. The average Bonchev–Trinajstić information content (AvgIpc) is 2.35. The summed E-state index contributed by atoms with van der Waals surface area (Å²) in [7, 11) is 1.42. The molecule has 0 fully saturated rings. The Hall–Kier alpha value is -2.11. The van der Waals surface area contributed by atoms with Gasteiger partial charge in [-0.1, -0.05) is 0 Å². The van der Waals surface area contributed by atoms with Crippen LogP contribution in [0.3, 0.4) is 0 Å². The van der Waals surface area contributed by atoms with Gasteiger partial charge in [-0.15, -0.1) is 0 Å². The maximum atomic E-state index is 11.9. The molecule has 0 saturated heterocycles. The predicted octanol–water partition coefficient (Wildman–Crippen LogP) is 0.931. The quantitative estimate of drug-likeness (QED) is 0.813. The zero-order chi connectivity index (χ0) is 13.8. The molecule has 98 valence electrons. The van der Waals surface area contributed by atoms with E-state index in [9.17, 15) is 9.59 Å². The SMILES string of the molecule is COc1ncccc1C(=O)NCC(C)(C)C(=O)O. The summed E-state index contributed by atoms with van der Waals surface area (Å²) in [6.45, 7) is 3.10. The maximum absolute atomic E-state index is 11.9. The fourth-order valence-corrected chi connectivity index (χ4v) is 1.20. The number of aromatic nitrogens is 1. The minimum atomic E-state index is -1.02. The fraction of sp³-hybridized carbons (Fsp3) is 0.417. The minimum Gasteiger partial charge on any atom is -0.481 e. The van der Waals surface area contributed by atoms with Gasteiger partial charge in [0, 0.05) is 12.7 Å².